The van der Waals surface area contributed by atoms with Gasteiger partial charge in [-0.15, -0.1) is 0 Å². The third kappa shape index (κ3) is 3.18. The minimum atomic E-state index is -3.39. The Hall–Kier alpha value is -1.66. The standard InChI is InChI=1S/C11H10ClN3O2S/c1-18(16,17)15-10-6-9(7-14-11(10)12)8-2-4-13-5-3-8/h2-7,15H,1H3. The van der Waals surface area contributed by atoms with Gasteiger partial charge >= 0.3 is 0 Å². The summed E-state index contributed by atoms with van der Waals surface area (Å²) in [5.41, 5.74) is 1.90. The van der Waals surface area contributed by atoms with Gasteiger partial charge in [-0.05, 0) is 23.8 Å². The van der Waals surface area contributed by atoms with Gasteiger partial charge in [0.25, 0.3) is 0 Å². The van der Waals surface area contributed by atoms with E-state index in [0.29, 0.717) is 0 Å². The maximum Gasteiger partial charge on any atom is 0.229 e. The number of rotatable bonds is 3. The van der Waals surface area contributed by atoms with Gasteiger partial charge in [-0.1, -0.05) is 11.6 Å². The molecule has 0 unspecified atom stereocenters. The number of hydrogen-bond acceptors (Lipinski definition) is 4. The number of anilines is 1. The van der Waals surface area contributed by atoms with Gasteiger partial charge < -0.3 is 0 Å². The Balaban J connectivity index is 2.44. The fraction of sp³-hybridized carbons (Fsp3) is 0.0909. The summed E-state index contributed by atoms with van der Waals surface area (Å²) in [6, 6.07) is 5.23. The quantitative estimate of drug-likeness (QED) is 0.876. The number of halogens is 1. The van der Waals surface area contributed by atoms with Crippen molar-refractivity contribution < 1.29 is 8.42 Å². The van der Waals surface area contributed by atoms with Crippen LogP contribution in [-0.4, -0.2) is 24.6 Å². The molecule has 2 heterocycles. The molecule has 0 aliphatic heterocycles. The molecule has 7 heteroatoms. The van der Waals surface area contributed by atoms with Crippen molar-refractivity contribution in [3.05, 3.63) is 41.9 Å². The van der Waals surface area contributed by atoms with Gasteiger partial charge in [-0.25, -0.2) is 13.4 Å². The molecule has 18 heavy (non-hydrogen) atoms. The zero-order chi connectivity index (χ0) is 13.2. The lowest BCUT2D eigenvalue weighted by molar-refractivity contribution is 0.607. The fourth-order valence-corrected chi connectivity index (χ4v) is 2.18. The molecule has 0 saturated carbocycles. The monoisotopic (exact) mass is 283 g/mol. The van der Waals surface area contributed by atoms with Crippen LogP contribution in [0, 0.1) is 0 Å². The predicted octanol–water partition coefficient (Wildman–Crippen LogP) is 2.17. The van der Waals surface area contributed by atoms with Gasteiger partial charge in [0, 0.05) is 24.2 Å². The Morgan fingerprint density at radius 2 is 1.89 bits per heavy atom. The number of hydrogen-bond donors (Lipinski definition) is 1. The lowest BCUT2D eigenvalue weighted by atomic mass is 10.1. The number of nitrogens with zero attached hydrogens (tertiary/aromatic N) is 2. The first kappa shape index (κ1) is 12.8. The summed E-state index contributed by atoms with van der Waals surface area (Å²) in [4.78, 5) is 7.87. The van der Waals surface area contributed by atoms with Crippen molar-refractivity contribution in [3.8, 4) is 11.1 Å². The van der Waals surface area contributed by atoms with Crippen LogP contribution in [0.1, 0.15) is 0 Å². The summed E-state index contributed by atoms with van der Waals surface area (Å²) in [6.07, 6.45) is 5.93. The second-order valence-corrected chi connectivity index (χ2v) is 5.78. The Morgan fingerprint density at radius 1 is 1.22 bits per heavy atom. The molecule has 0 aromatic carbocycles. The summed E-state index contributed by atoms with van der Waals surface area (Å²) in [6.45, 7) is 0. The second kappa shape index (κ2) is 4.91. The molecule has 1 N–H and O–H groups in total. The summed E-state index contributed by atoms with van der Waals surface area (Å²) in [5, 5.41) is 0.109. The SMILES string of the molecule is CS(=O)(=O)Nc1cc(-c2ccncc2)cnc1Cl. The number of aromatic nitrogens is 2. The normalized spacial score (nSPS) is 11.2. The van der Waals surface area contributed by atoms with Crippen molar-refractivity contribution >= 4 is 27.3 Å². The molecule has 0 aliphatic carbocycles. The molecule has 0 saturated heterocycles. The molecule has 0 spiro atoms. The summed E-state index contributed by atoms with van der Waals surface area (Å²) in [7, 11) is -3.39. The lowest BCUT2D eigenvalue weighted by Crippen LogP contribution is -2.10. The van der Waals surface area contributed by atoms with Crippen LogP contribution in [0.3, 0.4) is 0 Å². The van der Waals surface area contributed by atoms with E-state index in [0.717, 1.165) is 17.4 Å². The van der Waals surface area contributed by atoms with Crippen LogP contribution >= 0.6 is 11.6 Å². The largest absolute Gasteiger partial charge is 0.281 e. The molecular formula is C11H10ClN3O2S. The zero-order valence-corrected chi connectivity index (χ0v) is 11.0. The maximum atomic E-state index is 11.2. The first-order chi connectivity index (χ1) is 8.46. The number of pyridine rings is 2. The van der Waals surface area contributed by atoms with E-state index in [9.17, 15) is 8.42 Å². The smallest absolute Gasteiger partial charge is 0.229 e. The van der Waals surface area contributed by atoms with Crippen molar-refractivity contribution in [1.82, 2.24) is 9.97 Å². The molecule has 0 radical (unpaired) electrons. The van der Waals surface area contributed by atoms with Crippen molar-refractivity contribution in [2.24, 2.45) is 0 Å². The molecule has 2 rings (SSSR count). The van der Waals surface area contributed by atoms with Crippen LogP contribution in [-0.2, 0) is 10.0 Å². The zero-order valence-electron chi connectivity index (χ0n) is 9.46. The first-order valence-corrected chi connectivity index (χ1v) is 7.26. The van der Waals surface area contributed by atoms with Crippen LogP contribution in [0.2, 0.25) is 5.15 Å². The molecule has 0 amide bonds. The van der Waals surface area contributed by atoms with Gasteiger partial charge in [-0.3, -0.25) is 9.71 Å². The third-order valence-electron chi connectivity index (χ3n) is 2.15. The number of nitrogens with one attached hydrogen (secondary N) is 1. The molecule has 0 bridgehead atoms. The van der Waals surface area contributed by atoms with Crippen LogP contribution in [0.25, 0.3) is 11.1 Å². The molecule has 0 aliphatic rings. The molecule has 2 aromatic heterocycles. The van der Waals surface area contributed by atoms with Crippen molar-refractivity contribution in [1.29, 1.82) is 0 Å². The lowest BCUT2D eigenvalue weighted by Gasteiger charge is -2.08. The van der Waals surface area contributed by atoms with E-state index in [2.05, 4.69) is 14.7 Å². The van der Waals surface area contributed by atoms with Gasteiger partial charge in [0.15, 0.2) is 5.15 Å². The topological polar surface area (TPSA) is 72.0 Å². The van der Waals surface area contributed by atoms with Gasteiger partial charge in [0.2, 0.25) is 10.0 Å². The molecular weight excluding hydrogens is 274 g/mol. The minimum Gasteiger partial charge on any atom is -0.281 e. The molecule has 94 valence electrons. The van der Waals surface area contributed by atoms with Crippen LogP contribution in [0.5, 0.6) is 0 Å². The minimum absolute atomic E-state index is 0.109. The summed E-state index contributed by atoms with van der Waals surface area (Å²) < 4.78 is 24.7. The molecule has 5 nitrogen and oxygen atoms in total. The Labute approximate surface area is 110 Å². The van der Waals surface area contributed by atoms with Crippen molar-refractivity contribution in [2.75, 3.05) is 11.0 Å². The van der Waals surface area contributed by atoms with Gasteiger partial charge in [-0.2, -0.15) is 0 Å². The average molecular weight is 284 g/mol. The fourth-order valence-electron chi connectivity index (χ4n) is 1.42. The van der Waals surface area contributed by atoms with Gasteiger partial charge in [0.1, 0.15) is 0 Å². The van der Waals surface area contributed by atoms with Crippen LogP contribution < -0.4 is 4.72 Å². The first-order valence-electron chi connectivity index (χ1n) is 4.99. The molecule has 0 fully saturated rings. The maximum absolute atomic E-state index is 11.2. The van der Waals surface area contributed by atoms with Crippen molar-refractivity contribution in [2.45, 2.75) is 0 Å². The molecule has 0 atom stereocenters. The summed E-state index contributed by atoms with van der Waals surface area (Å²) >= 11 is 5.84. The van der Waals surface area contributed by atoms with E-state index in [1.165, 1.54) is 0 Å². The second-order valence-electron chi connectivity index (χ2n) is 3.67. The van der Waals surface area contributed by atoms with E-state index in [1.807, 2.05) is 0 Å². The highest BCUT2D eigenvalue weighted by molar-refractivity contribution is 7.92. The van der Waals surface area contributed by atoms with E-state index in [-0.39, 0.29) is 10.8 Å². The van der Waals surface area contributed by atoms with E-state index < -0.39 is 10.0 Å². The van der Waals surface area contributed by atoms with E-state index >= 15 is 0 Å². The number of sulfonamides is 1. The third-order valence-corrected chi connectivity index (χ3v) is 3.04. The van der Waals surface area contributed by atoms with E-state index in [4.69, 9.17) is 11.6 Å². The van der Waals surface area contributed by atoms with Crippen molar-refractivity contribution in [3.63, 3.8) is 0 Å². The highest BCUT2D eigenvalue weighted by Gasteiger charge is 2.09. The highest BCUT2D eigenvalue weighted by atomic mass is 35.5. The van der Waals surface area contributed by atoms with Gasteiger partial charge in [0.05, 0.1) is 11.9 Å². The Morgan fingerprint density at radius 3 is 2.50 bits per heavy atom. The Bertz CT molecular complexity index is 659. The highest BCUT2D eigenvalue weighted by Crippen LogP contribution is 2.26. The summed E-state index contributed by atoms with van der Waals surface area (Å²) in [5.74, 6) is 0. The van der Waals surface area contributed by atoms with E-state index in [1.54, 1.807) is 36.8 Å². The van der Waals surface area contributed by atoms with Crippen LogP contribution in [0.4, 0.5) is 5.69 Å². The molecule has 2 aromatic rings. The Kier molecular flexibility index (Phi) is 3.49. The van der Waals surface area contributed by atoms with Crippen LogP contribution in [0.15, 0.2) is 36.8 Å². The predicted molar refractivity (Wildman–Crippen MR) is 70.9 cm³/mol. The average Bonchev–Trinajstić information content (AvgIpc) is 2.31.